The molecule has 0 fully saturated rings. The lowest BCUT2D eigenvalue weighted by Crippen LogP contribution is -2.14. The number of para-hydroxylation sites is 2. The average Bonchev–Trinajstić information content (AvgIpc) is 3.66. The van der Waals surface area contributed by atoms with Gasteiger partial charge in [-0.3, -0.25) is 0 Å². The predicted octanol–water partition coefficient (Wildman–Crippen LogP) is 14.0. The molecule has 0 bridgehead atoms. The van der Waals surface area contributed by atoms with Crippen molar-refractivity contribution in [1.29, 1.82) is 0 Å². The largest absolute Gasteiger partial charge is 0.310 e. The molecule has 0 N–H and O–H groups in total. The van der Waals surface area contributed by atoms with E-state index < -0.39 is 0 Å². The Morgan fingerprint density at radius 2 is 0.981 bits per heavy atom. The molecule has 1 aliphatic carbocycles. The van der Waals surface area contributed by atoms with E-state index in [-0.39, 0.29) is 5.41 Å². The number of anilines is 3. The molecule has 1 heterocycles. The van der Waals surface area contributed by atoms with Gasteiger partial charge in [0.05, 0.1) is 16.7 Å². The molecule has 1 aromatic heterocycles. The maximum atomic E-state index is 2.47. The summed E-state index contributed by atoms with van der Waals surface area (Å²) in [5.41, 5.74) is 12.4. The molecule has 9 aromatic carbocycles. The first-order chi connectivity index (χ1) is 26.1. The summed E-state index contributed by atoms with van der Waals surface area (Å²) in [6, 6.07) is 67.2. The van der Waals surface area contributed by atoms with Crippen LogP contribution in [0.4, 0.5) is 17.1 Å². The highest BCUT2D eigenvalue weighted by molar-refractivity contribution is 6.28. The molecule has 2 nitrogen and oxygen atoms in total. The minimum atomic E-state index is -0.0391. The summed E-state index contributed by atoms with van der Waals surface area (Å²) in [7, 11) is 0. The molecule has 2 heteroatoms. The summed E-state index contributed by atoms with van der Waals surface area (Å²) in [6.45, 7) is 4.70. The van der Waals surface area contributed by atoms with Crippen molar-refractivity contribution in [2.75, 3.05) is 4.90 Å². The lowest BCUT2D eigenvalue weighted by molar-refractivity contribution is 0.660. The number of benzene rings is 9. The highest BCUT2D eigenvalue weighted by Crippen LogP contribution is 2.50. The van der Waals surface area contributed by atoms with Gasteiger partial charge in [-0.1, -0.05) is 147 Å². The van der Waals surface area contributed by atoms with Gasteiger partial charge in [-0.25, -0.2) is 0 Å². The van der Waals surface area contributed by atoms with Gasteiger partial charge < -0.3 is 9.47 Å². The lowest BCUT2D eigenvalue weighted by Gasteiger charge is -2.28. The van der Waals surface area contributed by atoms with Gasteiger partial charge in [-0.2, -0.15) is 0 Å². The van der Waals surface area contributed by atoms with Gasteiger partial charge >= 0.3 is 0 Å². The zero-order valence-electron chi connectivity index (χ0n) is 29.7. The molecule has 0 saturated carbocycles. The van der Waals surface area contributed by atoms with Crippen molar-refractivity contribution >= 4 is 71.2 Å². The maximum absolute atomic E-state index is 2.47. The molecular weight excluding hydrogens is 641 g/mol. The number of fused-ring (bicyclic) bond motifs is 12. The van der Waals surface area contributed by atoms with Gasteiger partial charge in [0.15, 0.2) is 0 Å². The molecule has 53 heavy (non-hydrogen) atoms. The summed E-state index contributed by atoms with van der Waals surface area (Å²) < 4.78 is 2.47. The molecule has 0 spiro atoms. The van der Waals surface area contributed by atoms with E-state index in [1.54, 1.807) is 0 Å². The van der Waals surface area contributed by atoms with Crippen LogP contribution < -0.4 is 4.90 Å². The van der Waals surface area contributed by atoms with Crippen LogP contribution in [-0.4, -0.2) is 4.57 Å². The molecule has 0 unspecified atom stereocenters. The molecular formula is C51H36N2. The average molecular weight is 677 g/mol. The quantitative estimate of drug-likeness (QED) is 0.168. The Balaban J connectivity index is 1.20. The van der Waals surface area contributed by atoms with Gasteiger partial charge in [0.1, 0.15) is 0 Å². The highest BCUT2D eigenvalue weighted by Gasteiger charge is 2.35. The summed E-state index contributed by atoms with van der Waals surface area (Å²) in [5.74, 6) is 0. The topological polar surface area (TPSA) is 8.17 Å². The van der Waals surface area contributed by atoms with Crippen LogP contribution in [0.5, 0.6) is 0 Å². The third kappa shape index (κ3) is 4.27. The number of hydrogen-bond acceptors (Lipinski definition) is 1. The molecule has 0 saturated heterocycles. The van der Waals surface area contributed by atoms with Gasteiger partial charge in [0, 0.05) is 38.6 Å². The van der Waals surface area contributed by atoms with Crippen molar-refractivity contribution in [3.8, 4) is 16.8 Å². The van der Waals surface area contributed by atoms with E-state index in [1.807, 2.05) is 0 Å². The minimum absolute atomic E-state index is 0.0391. The fraction of sp³-hybridized carbons (Fsp3) is 0.0588. The van der Waals surface area contributed by atoms with E-state index in [4.69, 9.17) is 0 Å². The van der Waals surface area contributed by atoms with Crippen LogP contribution in [0, 0.1) is 0 Å². The van der Waals surface area contributed by atoms with E-state index in [0.717, 1.165) is 17.1 Å². The number of hydrogen-bond donors (Lipinski definition) is 0. The molecule has 11 rings (SSSR count). The van der Waals surface area contributed by atoms with Crippen molar-refractivity contribution in [3.63, 3.8) is 0 Å². The molecule has 10 aromatic rings. The van der Waals surface area contributed by atoms with Crippen LogP contribution in [0.3, 0.4) is 0 Å². The Morgan fingerprint density at radius 1 is 0.396 bits per heavy atom. The van der Waals surface area contributed by atoms with E-state index >= 15 is 0 Å². The van der Waals surface area contributed by atoms with Crippen LogP contribution in [0.2, 0.25) is 0 Å². The number of rotatable bonds is 4. The van der Waals surface area contributed by atoms with E-state index in [1.165, 1.54) is 82.1 Å². The second-order valence-corrected chi connectivity index (χ2v) is 14.9. The summed E-state index contributed by atoms with van der Waals surface area (Å²) in [4.78, 5) is 2.45. The van der Waals surface area contributed by atoms with Crippen molar-refractivity contribution in [2.45, 2.75) is 19.3 Å². The highest BCUT2D eigenvalue weighted by atomic mass is 15.1. The first-order valence-electron chi connectivity index (χ1n) is 18.5. The third-order valence-corrected chi connectivity index (χ3v) is 11.7. The molecule has 1 aliphatic rings. The fourth-order valence-corrected chi connectivity index (χ4v) is 9.35. The molecule has 250 valence electrons. The van der Waals surface area contributed by atoms with Gasteiger partial charge in [0.25, 0.3) is 0 Å². The van der Waals surface area contributed by atoms with Gasteiger partial charge in [-0.15, -0.1) is 0 Å². The van der Waals surface area contributed by atoms with Crippen LogP contribution in [0.15, 0.2) is 182 Å². The second-order valence-electron chi connectivity index (χ2n) is 14.9. The Kier molecular flexibility index (Phi) is 6.33. The van der Waals surface area contributed by atoms with Crippen LogP contribution in [0.1, 0.15) is 25.0 Å². The molecule has 0 radical (unpaired) electrons. The van der Waals surface area contributed by atoms with Crippen LogP contribution in [0.25, 0.3) is 70.9 Å². The van der Waals surface area contributed by atoms with Crippen molar-refractivity contribution in [1.82, 2.24) is 4.57 Å². The first kappa shape index (κ1) is 30.0. The maximum Gasteiger partial charge on any atom is 0.0561 e. The second kappa shape index (κ2) is 11.2. The van der Waals surface area contributed by atoms with Crippen LogP contribution >= 0.6 is 0 Å². The standard InChI is InChI=1S/C51H36N2/c1-51(2)45-24-12-10-20-39(45)44-31-34(28-30-46(44)51)53-47-25-13-11-21-40(47)41-29-27-35(32-49(41)53)52(33-15-4-3-5-16-33)48-26-14-23-43-38-18-7-6-17-36(38)37-19-8-9-22-42(37)50(43)48/h3-32H,1-2H3. The Hall–Kier alpha value is -6.64. The Labute approximate surface area is 308 Å². The zero-order valence-corrected chi connectivity index (χ0v) is 29.7. The van der Waals surface area contributed by atoms with Crippen LogP contribution in [-0.2, 0) is 5.41 Å². The lowest BCUT2D eigenvalue weighted by atomic mass is 9.82. The zero-order chi connectivity index (χ0) is 35.3. The summed E-state index contributed by atoms with van der Waals surface area (Å²) in [5, 5.41) is 10.1. The third-order valence-electron chi connectivity index (χ3n) is 11.7. The SMILES string of the molecule is CC1(C)c2ccccc2-c2cc(-n3c4ccccc4c4ccc(N(c5ccccc5)c5cccc6c7ccccc7c7ccccc7c56)cc43)ccc21. The van der Waals surface area contributed by atoms with Gasteiger partial charge in [-0.05, 0) is 97.7 Å². The molecule has 0 aliphatic heterocycles. The van der Waals surface area contributed by atoms with Crippen molar-refractivity contribution in [3.05, 3.63) is 193 Å². The van der Waals surface area contributed by atoms with E-state index in [0.29, 0.717) is 0 Å². The van der Waals surface area contributed by atoms with E-state index in [2.05, 4.69) is 205 Å². The Bertz CT molecular complexity index is 3050. The fourth-order valence-electron chi connectivity index (χ4n) is 9.35. The first-order valence-corrected chi connectivity index (χ1v) is 18.5. The summed E-state index contributed by atoms with van der Waals surface area (Å²) in [6.07, 6.45) is 0. The smallest absolute Gasteiger partial charge is 0.0561 e. The molecule has 0 amide bonds. The summed E-state index contributed by atoms with van der Waals surface area (Å²) >= 11 is 0. The predicted molar refractivity (Wildman–Crippen MR) is 226 cm³/mol. The van der Waals surface area contributed by atoms with E-state index in [9.17, 15) is 0 Å². The van der Waals surface area contributed by atoms with Gasteiger partial charge in [0.2, 0.25) is 0 Å². The van der Waals surface area contributed by atoms with Crippen molar-refractivity contribution < 1.29 is 0 Å². The molecule has 0 atom stereocenters. The number of nitrogens with zero attached hydrogens (tertiary/aromatic N) is 2. The minimum Gasteiger partial charge on any atom is -0.310 e. The monoisotopic (exact) mass is 676 g/mol. The normalized spacial score (nSPS) is 13.2. The Morgan fingerprint density at radius 3 is 1.75 bits per heavy atom. The number of aromatic nitrogens is 1. The van der Waals surface area contributed by atoms with Crippen molar-refractivity contribution in [2.24, 2.45) is 0 Å².